The van der Waals surface area contributed by atoms with E-state index in [9.17, 15) is 0 Å². The van der Waals surface area contributed by atoms with Crippen LogP contribution in [0.2, 0.25) is 5.02 Å². The number of benzene rings is 1. The zero-order valence-electron chi connectivity index (χ0n) is 8.97. The van der Waals surface area contributed by atoms with Crippen molar-refractivity contribution in [1.82, 2.24) is 0 Å². The van der Waals surface area contributed by atoms with Gasteiger partial charge in [0.15, 0.2) is 0 Å². The highest BCUT2D eigenvalue weighted by Crippen LogP contribution is 2.31. The van der Waals surface area contributed by atoms with E-state index < -0.39 is 0 Å². The highest BCUT2D eigenvalue weighted by molar-refractivity contribution is 6.33. The maximum atomic E-state index is 6.17. The SMILES string of the molecule is CCN(CC)c1c(C)cc(N)cc1Cl. The number of rotatable bonds is 3. The quantitative estimate of drug-likeness (QED) is 0.781. The molecular formula is C11H17ClN2. The summed E-state index contributed by atoms with van der Waals surface area (Å²) in [6, 6.07) is 3.77. The van der Waals surface area contributed by atoms with Gasteiger partial charge >= 0.3 is 0 Å². The lowest BCUT2D eigenvalue weighted by Gasteiger charge is -2.24. The van der Waals surface area contributed by atoms with E-state index in [1.165, 1.54) is 0 Å². The van der Waals surface area contributed by atoms with Gasteiger partial charge in [0, 0.05) is 18.8 Å². The molecule has 0 spiro atoms. The van der Waals surface area contributed by atoms with E-state index in [0.29, 0.717) is 0 Å². The van der Waals surface area contributed by atoms with E-state index in [0.717, 1.165) is 35.1 Å². The lowest BCUT2D eigenvalue weighted by Crippen LogP contribution is -2.23. The van der Waals surface area contributed by atoms with Crippen molar-refractivity contribution in [2.24, 2.45) is 0 Å². The van der Waals surface area contributed by atoms with Crippen molar-refractivity contribution in [1.29, 1.82) is 0 Å². The molecule has 1 aromatic carbocycles. The summed E-state index contributed by atoms with van der Waals surface area (Å²) in [6.45, 7) is 8.20. The third-order valence-electron chi connectivity index (χ3n) is 2.36. The highest BCUT2D eigenvalue weighted by atomic mass is 35.5. The second kappa shape index (κ2) is 4.56. The molecule has 1 rings (SSSR count). The van der Waals surface area contributed by atoms with Crippen LogP contribution in [0.5, 0.6) is 0 Å². The third-order valence-corrected chi connectivity index (χ3v) is 2.64. The molecule has 2 nitrogen and oxygen atoms in total. The Bertz CT molecular complexity index is 296. The fourth-order valence-electron chi connectivity index (χ4n) is 1.70. The molecule has 1 aromatic rings. The van der Waals surface area contributed by atoms with Gasteiger partial charge in [-0.3, -0.25) is 0 Å². The van der Waals surface area contributed by atoms with Crippen LogP contribution in [0.25, 0.3) is 0 Å². The first-order chi connectivity index (χ1) is 6.60. The van der Waals surface area contributed by atoms with Crippen LogP contribution in [0.15, 0.2) is 12.1 Å². The summed E-state index contributed by atoms with van der Waals surface area (Å²) < 4.78 is 0. The van der Waals surface area contributed by atoms with Gasteiger partial charge < -0.3 is 10.6 Å². The number of nitrogens with two attached hydrogens (primary N) is 1. The molecule has 0 bridgehead atoms. The van der Waals surface area contributed by atoms with Crippen LogP contribution in [-0.2, 0) is 0 Å². The van der Waals surface area contributed by atoms with Gasteiger partial charge in [0.2, 0.25) is 0 Å². The molecule has 0 aliphatic rings. The number of hydrogen-bond acceptors (Lipinski definition) is 2. The first-order valence-electron chi connectivity index (χ1n) is 4.90. The lowest BCUT2D eigenvalue weighted by atomic mass is 10.1. The van der Waals surface area contributed by atoms with E-state index in [4.69, 9.17) is 17.3 Å². The van der Waals surface area contributed by atoms with Crippen molar-refractivity contribution in [2.45, 2.75) is 20.8 Å². The van der Waals surface area contributed by atoms with Crippen LogP contribution >= 0.6 is 11.6 Å². The van der Waals surface area contributed by atoms with Gasteiger partial charge in [-0.25, -0.2) is 0 Å². The second-order valence-electron chi connectivity index (χ2n) is 3.34. The fraction of sp³-hybridized carbons (Fsp3) is 0.455. The molecule has 78 valence electrons. The Balaban J connectivity index is 3.19. The van der Waals surface area contributed by atoms with Gasteiger partial charge in [-0.2, -0.15) is 0 Å². The molecular weight excluding hydrogens is 196 g/mol. The minimum Gasteiger partial charge on any atom is -0.399 e. The van der Waals surface area contributed by atoms with Crippen molar-refractivity contribution >= 4 is 23.0 Å². The zero-order valence-corrected chi connectivity index (χ0v) is 9.73. The first kappa shape index (κ1) is 11.2. The molecule has 0 radical (unpaired) electrons. The minimum absolute atomic E-state index is 0.725. The Kier molecular flexibility index (Phi) is 3.64. The molecule has 0 aliphatic carbocycles. The molecule has 0 atom stereocenters. The average molecular weight is 213 g/mol. The summed E-state index contributed by atoms with van der Waals surface area (Å²) in [5.74, 6) is 0. The van der Waals surface area contributed by atoms with Gasteiger partial charge in [-0.05, 0) is 38.5 Å². The Hall–Kier alpha value is -0.890. The van der Waals surface area contributed by atoms with Crippen LogP contribution in [0.1, 0.15) is 19.4 Å². The van der Waals surface area contributed by atoms with Gasteiger partial charge in [0.1, 0.15) is 0 Å². The predicted molar refractivity (Wildman–Crippen MR) is 64.2 cm³/mol. The molecule has 0 saturated carbocycles. The van der Waals surface area contributed by atoms with E-state index in [2.05, 4.69) is 18.7 Å². The number of anilines is 2. The van der Waals surface area contributed by atoms with Crippen LogP contribution < -0.4 is 10.6 Å². The molecule has 2 N–H and O–H groups in total. The maximum absolute atomic E-state index is 6.17. The summed E-state index contributed by atoms with van der Waals surface area (Å²) in [4.78, 5) is 2.23. The van der Waals surface area contributed by atoms with Gasteiger partial charge in [-0.15, -0.1) is 0 Å². The number of hydrogen-bond donors (Lipinski definition) is 1. The van der Waals surface area contributed by atoms with Crippen LogP contribution in [0.3, 0.4) is 0 Å². The topological polar surface area (TPSA) is 29.3 Å². The van der Waals surface area contributed by atoms with E-state index in [1.807, 2.05) is 19.1 Å². The number of nitrogen functional groups attached to an aromatic ring is 1. The lowest BCUT2D eigenvalue weighted by molar-refractivity contribution is 0.862. The summed E-state index contributed by atoms with van der Waals surface area (Å²) >= 11 is 6.17. The second-order valence-corrected chi connectivity index (χ2v) is 3.75. The van der Waals surface area contributed by atoms with Crippen LogP contribution in [0, 0.1) is 6.92 Å². The fourth-order valence-corrected chi connectivity index (χ4v) is 2.10. The van der Waals surface area contributed by atoms with Crippen molar-refractivity contribution in [2.75, 3.05) is 23.7 Å². The molecule has 14 heavy (non-hydrogen) atoms. The molecule has 0 aromatic heterocycles. The third kappa shape index (κ3) is 2.13. The smallest absolute Gasteiger partial charge is 0.0662 e. The molecule has 0 saturated heterocycles. The van der Waals surface area contributed by atoms with E-state index in [1.54, 1.807) is 0 Å². The number of halogens is 1. The molecule has 3 heteroatoms. The van der Waals surface area contributed by atoms with Crippen molar-refractivity contribution < 1.29 is 0 Å². The Labute approximate surface area is 90.7 Å². The zero-order chi connectivity index (χ0) is 10.7. The van der Waals surface area contributed by atoms with Crippen LogP contribution in [-0.4, -0.2) is 13.1 Å². The summed E-state index contributed by atoms with van der Waals surface area (Å²) in [7, 11) is 0. The Morgan fingerprint density at radius 3 is 2.29 bits per heavy atom. The molecule has 0 amide bonds. The first-order valence-corrected chi connectivity index (χ1v) is 5.28. The summed E-state index contributed by atoms with van der Waals surface area (Å²) in [6.07, 6.45) is 0. The standard InChI is InChI=1S/C11H17ClN2/c1-4-14(5-2)11-8(3)6-9(13)7-10(11)12/h6-7H,4-5,13H2,1-3H3. The van der Waals surface area contributed by atoms with Crippen molar-refractivity contribution in [3.63, 3.8) is 0 Å². The Morgan fingerprint density at radius 2 is 1.86 bits per heavy atom. The number of nitrogens with zero attached hydrogens (tertiary/aromatic N) is 1. The summed E-state index contributed by atoms with van der Waals surface area (Å²) in [5, 5.41) is 0.742. The van der Waals surface area contributed by atoms with Gasteiger partial charge in [-0.1, -0.05) is 11.6 Å². The number of aryl methyl sites for hydroxylation is 1. The average Bonchev–Trinajstić information content (AvgIpc) is 2.10. The van der Waals surface area contributed by atoms with E-state index in [-0.39, 0.29) is 0 Å². The van der Waals surface area contributed by atoms with E-state index >= 15 is 0 Å². The van der Waals surface area contributed by atoms with Crippen molar-refractivity contribution in [3.05, 3.63) is 22.7 Å². The monoisotopic (exact) mass is 212 g/mol. The maximum Gasteiger partial charge on any atom is 0.0662 e. The largest absolute Gasteiger partial charge is 0.399 e. The highest BCUT2D eigenvalue weighted by Gasteiger charge is 2.10. The summed E-state index contributed by atoms with van der Waals surface area (Å²) in [5.41, 5.74) is 8.67. The molecule has 0 heterocycles. The molecule has 0 aliphatic heterocycles. The van der Waals surface area contributed by atoms with Gasteiger partial charge in [0.05, 0.1) is 10.7 Å². The van der Waals surface area contributed by atoms with Crippen molar-refractivity contribution in [3.8, 4) is 0 Å². The minimum atomic E-state index is 0.725. The van der Waals surface area contributed by atoms with Gasteiger partial charge in [0.25, 0.3) is 0 Å². The predicted octanol–water partition coefficient (Wildman–Crippen LogP) is 3.08. The molecule has 0 unspecified atom stereocenters. The molecule has 0 fully saturated rings. The normalized spacial score (nSPS) is 10.3. The van der Waals surface area contributed by atoms with Crippen LogP contribution in [0.4, 0.5) is 11.4 Å². The Morgan fingerprint density at radius 1 is 1.29 bits per heavy atom.